The Morgan fingerprint density at radius 2 is 2.35 bits per heavy atom. The summed E-state index contributed by atoms with van der Waals surface area (Å²) < 4.78 is 6.61. The number of imidazole rings is 1. The van der Waals surface area contributed by atoms with E-state index in [9.17, 15) is 0 Å². The van der Waals surface area contributed by atoms with Gasteiger partial charge in [0.1, 0.15) is 5.82 Å². The van der Waals surface area contributed by atoms with Crippen LogP contribution >= 0.6 is 15.9 Å². The summed E-state index contributed by atoms with van der Waals surface area (Å²) in [6.07, 6.45) is 2.30. The van der Waals surface area contributed by atoms with Gasteiger partial charge in [-0.15, -0.1) is 0 Å². The smallest absolute Gasteiger partial charge is 0.112 e. The molecule has 2 aromatic rings. The number of benzene rings is 1. The highest BCUT2D eigenvalue weighted by molar-refractivity contribution is 9.10. The second-order valence-corrected chi connectivity index (χ2v) is 5.57. The number of rotatable bonds is 1. The molecule has 0 bridgehead atoms. The third-order valence-electron chi connectivity index (χ3n) is 3.31. The van der Waals surface area contributed by atoms with Crippen LogP contribution in [0.25, 0.3) is 11.0 Å². The van der Waals surface area contributed by atoms with Crippen LogP contribution in [0.4, 0.5) is 0 Å². The summed E-state index contributed by atoms with van der Waals surface area (Å²) >= 11 is 3.52. The highest BCUT2D eigenvalue weighted by Crippen LogP contribution is 2.28. The average molecular weight is 295 g/mol. The van der Waals surface area contributed by atoms with Gasteiger partial charge in [0.05, 0.1) is 17.6 Å². The summed E-state index contributed by atoms with van der Waals surface area (Å²) in [5.41, 5.74) is 3.39. The van der Waals surface area contributed by atoms with Crippen LogP contribution in [0.2, 0.25) is 0 Å². The van der Waals surface area contributed by atoms with Crippen molar-refractivity contribution >= 4 is 27.0 Å². The molecule has 0 radical (unpaired) electrons. The normalized spacial score (nSPS) is 20.9. The Morgan fingerprint density at radius 1 is 1.47 bits per heavy atom. The number of nitrogens with one attached hydrogen (secondary N) is 1. The third-order valence-corrected chi connectivity index (χ3v) is 3.77. The maximum Gasteiger partial charge on any atom is 0.112 e. The molecule has 90 valence electrons. The molecule has 0 saturated carbocycles. The molecule has 4 heteroatoms. The van der Waals surface area contributed by atoms with Gasteiger partial charge in [-0.25, -0.2) is 4.98 Å². The number of aryl methyl sites for hydroxylation is 1. The van der Waals surface area contributed by atoms with Gasteiger partial charge in [0, 0.05) is 17.0 Å². The molecule has 1 aliphatic heterocycles. The number of ether oxygens (including phenoxy) is 1. The molecule has 1 aliphatic rings. The van der Waals surface area contributed by atoms with Crippen LogP contribution in [-0.2, 0) is 4.74 Å². The van der Waals surface area contributed by atoms with E-state index >= 15 is 0 Å². The molecule has 17 heavy (non-hydrogen) atoms. The first kappa shape index (κ1) is 11.2. The van der Waals surface area contributed by atoms with E-state index in [2.05, 4.69) is 40.0 Å². The Kier molecular flexibility index (Phi) is 2.92. The van der Waals surface area contributed by atoms with E-state index in [4.69, 9.17) is 9.72 Å². The first-order valence-electron chi connectivity index (χ1n) is 5.97. The van der Waals surface area contributed by atoms with Gasteiger partial charge in [-0.05, 0) is 37.5 Å². The van der Waals surface area contributed by atoms with E-state index in [1.807, 2.05) is 0 Å². The van der Waals surface area contributed by atoms with Gasteiger partial charge in [-0.3, -0.25) is 0 Å². The lowest BCUT2D eigenvalue weighted by Crippen LogP contribution is -2.16. The molecule has 1 atom stereocenters. The zero-order valence-electron chi connectivity index (χ0n) is 9.79. The van der Waals surface area contributed by atoms with E-state index in [-0.39, 0.29) is 0 Å². The molecule has 1 fully saturated rings. The average Bonchev–Trinajstić information content (AvgIpc) is 2.74. The first-order chi connectivity index (χ1) is 8.24. The minimum absolute atomic E-state index is 0.425. The van der Waals surface area contributed by atoms with Crippen LogP contribution < -0.4 is 0 Å². The number of nitrogens with zero attached hydrogens (tertiary/aromatic N) is 1. The van der Waals surface area contributed by atoms with Crippen molar-refractivity contribution in [2.45, 2.75) is 25.7 Å². The minimum atomic E-state index is 0.425. The molecule has 0 aliphatic carbocycles. The fourth-order valence-electron chi connectivity index (χ4n) is 2.42. The third kappa shape index (κ3) is 2.11. The van der Waals surface area contributed by atoms with Gasteiger partial charge in [-0.1, -0.05) is 15.9 Å². The van der Waals surface area contributed by atoms with Crippen molar-refractivity contribution < 1.29 is 4.74 Å². The molecule has 1 aromatic heterocycles. The number of H-pyrrole nitrogens is 1. The molecule has 1 aromatic carbocycles. The van der Waals surface area contributed by atoms with Crippen LogP contribution in [0, 0.1) is 6.92 Å². The van der Waals surface area contributed by atoms with Crippen molar-refractivity contribution in [3.63, 3.8) is 0 Å². The molecule has 2 heterocycles. The zero-order valence-corrected chi connectivity index (χ0v) is 11.4. The van der Waals surface area contributed by atoms with Crippen molar-refractivity contribution in [1.29, 1.82) is 0 Å². The predicted molar refractivity (Wildman–Crippen MR) is 71.3 cm³/mol. The lowest BCUT2D eigenvalue weighted by Gasteiger charge is -2.19. The predicted octanol–water partition coefficient (Wildman–Crippen LogP) is 3.53. The molecule has 0 amide bonds. The van der Waals surface area contributed by atoms with Gasteiger partial charge in [0.25, 0.3) is 0 Å². The monoisotopic (exact) mass is 294 g/mol. The van der Waals surface area contributed by atoms with Crippen LogP contribution in [0.3, 0.4) is 0 Å². The number of fused-ring (bicyclic) bond motifs is 1. The Balaban J connectivity index is 2.03. The van der Waals surface area contributed by atoms with Crippen LogP contribution in [0.1, 0.15) is 30.1 Å². The Morgan fingerprint density at radius 3 is 3.12 bits per heavy atom. The summed E-state index contributed by atoms with van der Waals surface area (Å²) in [5, 5.41) is 0. The van der Waals surface area contributed by atoms with Gasteiger partial charge in [-0.2, -0.15) is 0 Å². The SMILES string of the molecule is Cc1cc(Br)cc2[nH]c(C3CCCOC3)nc12. The van der Waals surface area contributed by atoms with Gasteiger partial charge in [0.15, 0.2) is 0 Å². The molecule has 1 N–H and O–H groups in total. The molecular formula is C13H15BrN2O. The molecule has 3 rings (SSSR count). The molecule has 1 unspecified atom stereocenters. The molecule has 1 saturated heterocycles. The quantitative estimate of drug-likeness (QED) is 0.874. The van der Waals surface area contributed by atoms with Crippen LogP contribution in [-0.4, -0.2) is 23.2 Å². The number of hydrogen-bond donors (Lipinski definition) is 1. The maximum absolute atomic E-state index is 5.52. The van der Waals surface area contributed by atoms with Crippen molar-refractivity contribution in [1.82, 2.24) is 9.97 Å². The highest BCUT2D eigenvalue weighted by Gasteiger charge is 2.19. The Bertz CT molecular complexity index is 544. The number of hydrogen-bond acceptors (Lipinski definition) is 2. The second kappa shape index (κ2) is 4.42. The van der Waals surface area contributed by atoms with Crippen molar-refractivity contribution in [3.8, 4) is 0 Å². The zero-order chi connectivity index (χ0) is 11.8. The fourth-order valence-corrected chi connectivity index (χ4v) is 2.99. The Hall–Kier alpha value is -0.870. The lowest BCUT2D eigenvalue weighted by molar-refractivity contribution is 0.0784. The van der Waals surface area contributed by atoms with Crippen molar-refractivity contribution in [2.75, 3.05) is 13.2 Å². The topological polar surface area (TPSA) is 37.9 Å². The summed E-state index contributed by atoms with van der Waals surface area (Å²) in [6.45, 7) is 3.77. The highest BCUT2D eigenvalue weighted by atomic mass is 79.9. The fraction of sp³-hybridized carbons (Fsp3) is 0.462. The summed E-state index contributed by atoms with van der Waals surface area (Å²) in [4.78, 5) is 8.15. The number of halogens is 1. The van der Waals surface area contributed by atoms with Crippen LogP contribution in [0.15, 0.2) is 16.6 Å². The second-order valence-electron chi connectivity index (χ2n) is 4.65. The molecule has 3 nitrogen and oxygen atoms in total. The first-order valence-corrected chi connectivity index (χ1v) is 6.77. The van der Waals surface area contributed by atoms with E-state index in [1.54, 1.807) is 0 Å². The standard InChI is InChI=1S/C13H15BrN2O/c1-8-5-10(14)6-11-12(8)16-13(15-11)9-3-2-4-17-7-9/h5-6,9H,2-4,7H2,1H3,(H,15,16). The number of aromatic nitrogens is 2. The van der Waals surface area contributed by atoms with Crippen molar-refractivity contribution in [3.05, 3.63) is 28.0 Å². The van der Waals surface area contributed by atoms with E-state index in [0.29, 0.717) is 5.92 Å². The molecule has 0 spiro atoms. The van der Waals surface area contributed by atoms with Gasteiger partial charge < -0.3 is 9.72 Å². The van der Waals surface area contributed by atoms with E-state index in [0.717, 1.165) is 41.0 Å². The van der Waals surface area contributed by atoms with Gasteiger partial charge >= 0.3 is 0 Å². The summed E-state index contributed by atoms with van der Waals surface area (Å²) in [6, 6.07) is 4.19. The van der Waals surface area contributed by atoms with E-state index < -0.39 is 0 Å². The van der Waals surface area contributed by atoms with E-state index in [1.165, 1.54) is 12.0 Å². The number of aromatic amines is 1. The molecular weight excluding hydrogens is 280 g/mol. The maximum atomic E-state index is 5.52. The lowest BCUT2D eigenvalue weighted by atomic mass is 10.0. The van der Waals surface area contributed by atoms with Crippen molar-refractivity contribution in [2.24, 2.45) is 0 Å². The largest absolute Gasteiger partial charge is 0.381 e. The summed E-state index contributed by atoms with van der Waals surface area (Å²) in [7, 11) is 0. The summed E-state index contributed by atoms with van der Waals surface area (Å²) in [5.74, 6) is 1.50. The Labute approximate surface area is 109 Å². The van der Waals surface area contributed by atoms with Crippen LogP contribution in [0.5, 0.6) is 0 Å². The minimum Gasteiger partial charge on any atom is -0.381 e. The van der Waals surface area contributed by atoms with Gasteiger partial charge in [0.2, 0.25) is 0 Å².